The molecule has 2 rings (SSSR count). The Bertz CT molecular complexity index is 677. The first kappa shape index (κ1) is 22.0. The second kappa shape index (κ2) is 12.3. The van der Waals surface area contributed by atoms with Gasteiger partial charge in [-0.1, -0.05) is 60.7 Å². The number of hydrogen-bond acceptors (Lipinski definition) is 2. The molecule has 26 heavy (non-hydrogen) atoms. The van der Waals surface area contributed by atoms with E-state index in [1.807, 2.05) is 72.5 Å². The van der Waals surface area contributed by atoms with E-state index >= 15 is 0 Å². The highest BCUT2D eigenvalue weighted by Gasteiger charge is 2.12. The topological polar surface area (TPSA) is 56.7 Å². The first-order valence-corrected chi connectivity index (χ1v) is 8.53. The van der Waals surface area contributed by atoms with Gasteiger partial charge in [0.2, 0.25) is 5.91 Å². The number of carbonyl (C=O) groups is 1. The predicted octanol–water partition coefficient (Wildman–Crippen LogP) is 3.02. The largest absolute Gasteiger partial charge is 0.352 e. The normalized spacial score (nSPS) is 10.6. The molecule has 2 aromatic carbocycles. The fourth-order valence-electron chi connectivity index (χ4n) is 2.45. The first-order valence-electron chi connectivity index (χ1n) is 8.53. The smallest absolute Gasteiger partial charge is 0.242 e. The van der Waals surface area contributed by atoms with Crippen LogP contribution in [0.15, 0.2) is 65.7 Å². The highest BCUT2D eigenvalue weighted by atomic mass is 127. The zero-order chi connectivity index (χ0) is 17.9. The molecule has 0 unspecified atom stereocenters. The van der Waals surface area contributed by atoms with E-state index in [2.05, 4.69) is 15.6 Å². The van der Waals surface area contributed by atoms with Crippen molar-refractivity contribution in [1.82, 2.24) is 15.5 Å². The van der Waals surface area contributed by atoms with Gasteiger partial charge in [-0.25, -0.2) is 0 Å². The quantitative estimate of drug-likeness (QED) is 0.375. The van der Waals surface area contributed by atoms with E-state index in [0.29, 0.717) is 25.6 Å². The van der Waals surface area contributed by atoms with Crippen molar-refractivity contribution in [3.63, 3.8) is 0 Å². The van der Waals surface area contributed by atoms with Gasteiger partial charge < -0.3 is 15.5 Å². The zero-order valence-electron chi connectivity index (χ0n) is 15.3. The summed E-state index contributed by atoms with van der Waals surface area (Å²) in [5, 5.41) is 6.30. The maximum absolute atomic E-state index is 12.5. The van der Waals surface area contributed by atoms with Gasteiger partial charge in [0.15, 0.2) is 5.96 Å². The van der Waals surface area contributed by atoms with Crippen LogP contribution in [0.1, 0.15) is 18.1 Å². The van der Waals surface area contributed by atoms with Crippen LogP contribution in [-0.2, 0) is 17.9 Å². The summed E-state index contributed by atoms with van der Waals surface area (Å²) in [6, 6.07) is 20.1. The van der Waals surface area contributed by atoms with Gasteiger partial charge in [0.1, 0.15) is 0 Å². The van der Waals surface area contributed by atoms with Crippen molar-refractivity contribution < 1.29 is 4.79 Å². The summed E-state index contributed by atoms with van der Waals surface area (Å²) in [6.07, 6.45) is 0. The second-order valence-electron chi connectivity index (χ2n) is 5.66. The minimum absolute atomic E-state index is 0. The van der Waals surface area contributed by atoms with Crippen LogP contribution in [0.4, 0.5) is 0 Å². The lowest BCUT2D eigenvalue weighted by Gasteiger charge is -2.22. The van der Waals surface area contributed by atoms with Crippen LogP contribution in [0.3, 0.4) is 0 Å². The van der Waals surface area contributed by atoms with Crippen molar-refractivity contribution in [2.45, 2.75) is 20.0 Å². The monoisotopic (exact) mass is 466 g/mol. The number of carbonyl (C=O) groups excluding carboxylic acids is 1. The predicted molar refractivity (Wildman–Crippen MR) is 118 cm³/mol. The summed E-state index contributed by atoms with van der Waals surface area (Å²) in [5.41, 5.74) is 2.29. The number of aliphatic imine (C=N–C) groups is 1. The van der Waals surface area contributed by atoms with Gasteiger partial charge in [-0.3, -0.25) is 9.79 Å². The number of nitrogens with zero attached hydrogens (tertiary/aromatic N) is 2. The van der Waals surface area contributed by atoms with E-state index in [9.17, 15) is 4.79 Å². The average Bonchev–Trinajstić information content (AvgIpc) is 2.67. The van der Waals surface area contributed by atoms with E-state index in [1.165, 1.54) is 0 Å². The van der Waals surface area contributed by atoms with Gasteiger partial charge >= 0.3 is 0 Å². The molecule has 0 radical (unpaired) electrons. The number of amides is 1. The van der Waals surface area contributed by atoms with Crippen LogP contribution < -0.4 is 10.6 Å². The minimum atomic E-state index is 0. The van der Waals surface area contributed by atoms with Gasteiger partial charge in [-0.15, -0.1) is 24.0 Å². The molecule has 0 bridgehead atoms. The van der Waals surface area contributed by atoms with Gasteiger partial charge in [-0.05, 0) is 18.1 Å². The maximum atomic E-state index is 12.5. The SMILES string of the molecule is CCN(Cc1ccccc1)C(=O)CNC(=NC)NCc1ccccc1.I. The molecule has 0 heterocycles. The molecule has 5 nitrogen and oxygen atoms in total. The standard InChI is InChI=1S/C20H26N4O.HI/c1-3-24(16-18-12-8-5-9-13-18)19(25)15-23-20(21-2)22-14-17-10-6-4-7-11-17;/h4-13H,3,14-16H2,1-2H3,(H2,21,22,23);1H. The summed E-state index contributed by atoms with van der Waals surface area (Å²) in [7, 11) is 1.70. The summed E-state index contributed by atoms with van der Waals surface area (Å²) < 4.78 is 0. The molecule has 0 aromatic heterocycles. The second-order valence-corrected chi connectivity index (χ2v) is 5.66. The molecule has 6 heteroatoms. The Kier molecular flexibility index (Phi) is 10.4. The van der Waals surface area contributed by atoms with E-state index in [4.69, 9.17) is 0 Å². The number of hydrogen-bond donors (Lipinski definition) is 2. The lowest BCUT2D eigenvalue weighted by atomic mass is 10.2. The van der Waals surface area contributed by atoms with Gasteiger partial charge in [0, 0.05) is 26.7 Å². The molecule has 0 aliphatic heterocycles. The third kappa shape index (κ3) is 7.43. The molecular formula is C20H27IN4O. The van der Waals surface area contributed by atoms with Gasteiger partial charge in [0.05, 0.1) is 6.54 Å². The Morgan fingerprint density at radius 3 is 2.08 bits per heavy atom. The Labute approximate surface area is 172 Å². The van der Waals surface area contributed by atoms with Crippen LogP contribution in [0.25, 0.3) is 0 Å². The van der Waals surface area contributed by atoms with Crippen molar-refractivity contribution >= 4 is 35.8 Å². The molecule has 0 aliphatic rings. The molecular weight excluding hydrogens is 439 g/mol. The highest BCUT2D eigenvalue weighted by Crippen LogP contribution is 2.04. The number of guanidine groups is 1. The number of rotatable bonds is 7. The Hall–Kier alpha value is -2.09. The van der Waals surface area contributed by atoms with Gasteiger partial charge in [-0.2, -0.15) is 0 Å². The van der Waals surface area contributed by atoms with Crippen molar-refractivity contribution in [1.29, 1.82) is 0 Å². The number of benzene rings is 2. The third-order valence-corrected chi connectivity index (χ3v) is 3.88. The highest BCUT2D eigenvalue weighted by molar-refractivity contribution is 14.0. The first-order chi connectivity index (χ1) is 12.2. The number of halogens is 1. The van der Waals surface area contributed by atoms with Crippen molar-refractivity contribution in [2.75, 3.05) is 20.1 Å². The summed E-state index contributed by atoms with van der Waals surface area (Å²) in [5.74, 6) is 0.669. The molecule has 140 valence electrons. The van der Waals surface area contributed by atoms with E-state index in [0.717, 1.165) is 11.1 Å². The fourth-order valence-corrected chi connectivity index (χ4v) is 2.45. The maximum Gasteiger partial charge on any atom is 0.242 e. The van der Waals surface area contributed by atoms with Crippen LogP contribution in [-0.4, -0.2) is 36.9 Å². The van der Waals surface area contributed by atoms with Crippen molar-refractivity contribution in [3.8, 4) is 0 Å². The Morgan fingerprint density at radius 2 is 1.54 bits per heavy atom. The molecule has 0 aliphatic carbocycles. The van der Waals surface area contributed by atoms with Crippen molar-refractivity contribution in [2.24, 2.45) is 4.99 Å². The summed E-state index contributed by atoms with van der Waals surface area (Å²) in [4.78, 5) is 18.4. The van der Waals surface area contributed by atoms with E-state index in [1.54, 1.807) is 7.05 Å². The fraction of sp³-hybridized carbons (Fsp3) is 0.300. The summed E-state index contributed by atoms with van der Waals surface area (Å²) >= 11 is 0. The zero-order valence-corrected chi connectivity index (χ0v) is 17.6. The molecule has 0 saturated carbocycles. The van der Waals surface area contributed by atoms with Crippen LogP contribution >= 0.6 is 24.0 Å². The molecule has 0 saturated heterocycles. The summed E-state index contributed by atoms with van der Waals surface area (Å²) in [6.45, 7) is 4.16. The van der Waals surface area contributed by atoms with Crippen LogP contribution in [0.2, 0.25) is 0 Å². The average molecular weight is 466 g/mol. The lowest BCUT2D eigenvalue weighted by Crippen LogP contribution is -2.44. The number of nitrogens with one attached hydrogen (secondary N) is 2. The minimum Gasteiger partial charge on any atom is -0.352 e. The lowest BCUT2D eigenvalue weighted by molar-refractivity contribution is -0.130. The van der Waals surface area contributed by atoms with Crippen molar-refractivity contribution in [3.05, 3.63) is 71.8 Å². The third-order valence-electron chi connectivity index (χ3n) is 3.88. The Morgan fingerprint density at radius 1 is 0.962 bits per heavy atom. The molecule has 1 amide bonds. The molecule has 2 N–H and O–H groups in total. The van der Waals surface area contributed by atoms with E-state index < -0.39 is 0 Å². The molecule has 0 spiro atoms. The van der Waals surface area contributed by atoms with E-state index in [-0.39, 0.29) is 36.4 Å². The molecule has 0 atom stereocenters. The molecule has 0 fully saturated rings. The molecule has 2 aromatic rings. The van der Waals surface area contributed by atoms with Gasteiger partial charge in [0.25, 0.3) is 0 Å². The van der Waals surface area contributed by atoms with Crippen LogP contribution in [0, 0.1) is 0 Å². The Balaban J connectivity index is 0.00000338. The number of likely N-dealkylation sites (N-methyl/N-ethyl adjacent to an activating group) is 1. The van der Waals surface area contributed by atoms with Crippen LogP contribution in [0.5, 0.6) is 0 Å².